The molecule has 1 saturated heterocycles. The van der Waals surface area contributed by atoms with Crippen molar-refractivity contribution in [2.24, 2.45) is 0 Å². The van der Waals surface area contributed by atoms with Crippen molar-refractivity contribution in [3.05, 3.63) is 59.7 Å². The molecule has 1 atom stereocenters. The van der Waals surface area contributed by atoms with Crippen LogP contribution in [0.3, 0.4) is 0 Å². The molecule has 2 aromatic carbocycles. The van der Waals surface area contributed by atoms with Crippen LogP contribution in [0, 0.1) is 6.92 Å². The number of hydrogen-bond acceptors (Lipinski definition) is 2. The van der Waals surface area contributed by atoms with E-state index in [1.165, 1.54) is 23.1 Å². The minimum absolute atomic E-state index is 0.130. The van der Waals surface area contributed by atoms with Crippen molar-refractivity contribution in [2.75, 3.05) is 6.54 Å². The monoisotopic (exact) mass is 308 g/mol. The van der Waals surface area contributed by atoms with Gasteiger partial charge < -0.3 is 10.6 Å². The summed E-state index contributed by atoms with van der Waals surface area (Å²) in [6.07, 6.45) is 2.87. The van der Waals surface area contributed by atoms with Gasteiger partial charge in [-0.3, -0.25) is 4.79 Å². The van der Waals surface area contributed by atoms with Crippen molar-refractivity contribution in [3.8, 4) is 11.1 Å². The third kappa shape index (κ3) is 4.42. The third-order valence-electron chi connectivity index (χ3n) is 4.36. The Morgan fingerprint density at radius 1 is 1.17 bits per heavy atom. The maximum atomic E-state index is 12.0. The summed E-state index contributed by atoms with van der Waals surface area (Å²) in [4.78, 5) is 12.0. The first-order valence-corrected chi connectivity index (χ1v) is 8.37. The highest BCUT2D eigenvalue weighted by Gasteiger charge is 2.17. The van der Waals surface area contributed by atoms with Crippen LogP contribution < -0.4 is 10.6 Å². The maximum absolute atomic E-state index is 12.0. The number of aryl methyl sites for hydroxylation is 1. The van der Waals surface area contributed by atoms with Gasteiger partial charge in [0.15, 0.2) is 0 Å². The van der Waals surface area contributed by atoms with Gasteiger partial charge in [-0.2, -0.15) is 0 Å². The van der Waals surface area contributed by atoms with E-state index in [0.29, 0.717) is 19.0 Å². The highest BCUT2D eigenvalue weighted by Crippen LogP contribution is 2.21. The Morgan fingerprint density at radius 2 is 1.96 bits per heavy atom. The topological polar surface area (TPSA) is 41.1 Å². The minimum Gasteiger partial charge on any atom is -0.352 e. The summed E-state index contributed by atoms with van der Waals surface area (Å²) in [6.45, 7) is 3.73. The lowest BCUT2D eigenvalue weighted by atomic mass is 10.0. The van der Waals surface area contributed by atoms with E-state index in [2.05, 4.69) is 66.1 Å². The molecule has 1 aliphatic heterocycles. The van der Waals surface area contributed by atoms with Crippen LogP contribution in [0.25, 0.3) is 11.1 Å². The van der Waals surface area contributed by atoms with Crippen molar-refractivity contribution >= 4 is 5.91 Å². The van der Waals surface area contributed by atoms with Gasteiger partial charge in [0.1, 0.15) is 0 Å². The second kappa shape index (κ2) is 7.42. The molecule has 3 nitrogen and oxygen atoms in total. The van der Waals surface area contributed by atoms with Crippen LogP contribution in [0.4, 0.5) is 0 Å². The Balaban J connectivity index is 1.60. The molecule has 0 bridgehead atoms. The second-order valence-electron chi connectivity index (χ2n) is 6.34. The SMILES string of the molecule is Cc1cccc(-c2cccc(CNC(=O)CC3CCCN3)c2)c1. The van der Waals surface area contributed by atoms with Crippen LogP contribution in [-0.4, -0.2) is 18.5 Å². The molecule has 1 unspecified atom stereocenters. The predicted octanol–water partition coefficient (Wildman–Crippen LogP) is 3.42. The number of carbonyl (C=O) groups is 1. The van der Waals surface area contributed by atoms with E-state index in [1.807, 2.05) is 0 Å². The molecule has 120 valence electrons. The van der Waals surface area contributed by atoms with E-state index in [-0.39, 0.29) is 5.91 Å². The van der Waals surface area contributed by atoms with Gasteiger partial charge >= 0.3 is 0 Å². The molecule has 23 heavy (non-hydrogen) atoms. The van der Waals surface area contributed by atoms with E-state index in [4.69, 9.17) is 0 Å². The fourth-order valence-corrected chi connectivity index (χ4v) is 3.11. The smallest absolute Gasteiger partial charge is 0.221 e. The molecule has 0 saturated carbocycles. The van der Waals surface area contributed by atoms with Crippen molar-refractivity contribution in [1.29, 1.82) is 0 Å². The Labute approximate surface area is 138 Å². The van der Waals surface area contributed by atoms with Gasteiger partial charge in [-0.1, -0.05) is 48.0 Å². The maximum Gasteiger partial charge on any atom is 0.221 e. The Morgan fingerprint density at radius 3 is 2.70 bits per heavy atom. The number of carbonyl (C=O) groups excluding carboxylic acids is 1. The quantitative estimate of drug-likeness (QED) is 0.888. The molecule has 1 fully saturated rings. The second-order valence-corrected chi connectivity index (χ2v) is 6.34. The molecule has 0 radical (unpaired) electrons. The van der Waals surface area contributed by atoms with Crippen LogP contribution in [-0.2, 0) is 11.3 Å². The number of hydrogen-bond donors (Lipinski definition) is 2. The first kappa shape index (κ1) is 15.8. The van der Waals surface area contributed by atoms with Gasteiger partial charge in [0.25, 0.3) is 0 Å². The predicted molar refractivity (Wildman–Crippen MR) is 94.1 cm³/mol. The van der Waals surface area contributed by atoms with E-state index in [9.17, 15) is 4.79 Å². The summed E-state index contributed by atoms with van der Waals surface area (Å²) in [5.41, 5.74) is 4.80. The van der Waals surface area contributed by atoms with E-state index < -0.39 is 0 Å². The van der Waals surface area contributed by atoms with Crippen molar-refractivity contribution in [2.45, 2.75) is 38.8 Å². The molecule has 3 heteroatoms. The number of benzene rings is 2. The normalized spacial score (nSPS) is 17.2. The van der Waals surface area contributed by atoms with Gasteiger partial charge in [-0.15, -0.1) is 0 Å². The van der Waals surface area contributed by atoms with Gasteiger partial charge in [-0.05, 0) is 49.1 Å². The molecule has 1 heterocycles. The standard InChI is InChI=1S/C20H24N2O/c1-15-5-2-7-17(11-15)18-8-3-6-16(12-18)14-22-20(23)13-19-9-4-10-21-19/h2-3,5-8,11-12,19,21H,4,9-10,13-14H2,1H3,(H,22,23). The highest BCUT2D eigenvalue weighted by atomic mass is 16.1. The van der Waals surface area contributed by atoms with Crippen molar-refractivity contribution < 1.29 is 4.79 Å². The van der Waals surface area contributed by atoms with Crippen molar-refractivity contribution in [1.82, 2.24) is 10.6 Å². The summed E-state index contributed by atoms with van der Waals surface area (Å²) >= 11 is 0. The molecule has 2 aromatic rings. The number of rotatable bonds is 5. The summed E-state index contributed by atoms with van der Waals surface area (Å²) in [5.74, 6) is 0.130. The molecule has 3 rings (SSSR count). The summed E-state index contributed by atoms with van der Waals surface area (Å²) in [6, 6.07) is 17.2. The molecule has 0 aromatic heterocycles. The molecular weight excluding hydrogens is 284 g/mol. The number of amides is 1. The van der Waals surface area contributed by atoms with Gasteiger partial charge in [0.2, 0.25) is 5.91 Å². The number of nitrogens with one attached hydrogen (secondary N) is 2. The Kier molecular flexibility index (Phi) is 5.09. The molecule has 1 amide bonds. The largest absolute Gasteiger partial charge is 0.352 e. The minimum atomic E-state index is 0.130. The van der Waals surface area contributed by atoms with Gasteiger partial charge in [0, 0.05) is 19.0 Å². The van der Waals surface area contributed by atoms with E-state index >= 15 is 0 Å². The third-order valence-corrected chi connectivity index (χ3v) is 4.36. The first-order valence-electron chi connectivity index (χ1n) is 8.37. The Bertz CT molecular complexity index is 675. The summed E-state index contributed by atoms with van der Waals surface area (Å²) in [7, 11) is 0. The fraction of sp³-hybridized carbons (Fsp3) is 0.350. The molecule has 0 aliphatic carbocycles. The lowest BCUT2D eigenvalue weighted by Crippen LogP contribution is -2.31. The molecule has 1 aliphatic rings. The summed E-state index contributed by atoms with van der Waals surface area (Å²) in [5, 5.41) is 6.40. The van der Waals surface area contributed by atoms with Crippen LogP contribution in [0.5, 0.6) is 0 Å². The van der Waals surface area contributed by atoms with Crippen LogP contribution in [0.2, 0.25) is 0 Å². The van der Waals surface area contributed by atoms with Crippen LogP contribution in [0.15, 0.2) is 48.5 Å². The van der Waals surface area contributed by atoms with Crippen LogP contribution >= 0.6 is 0 Å². The van der Waals surface area contributed by atoms with E-state index in [1.54, 1.807) is 0 Å². The van der Waals surface area contributed by atoms with Crippen LogP contribution in [0.1, 0.15) is 30.4 Å². The molecular formula is C20H24N2O. The zero-order valence-corrected chi connectivity index (χ0v) is 13.6. The lowest BCUT2D eigenvalue weighted by Gasteiger charge is -2.11. The highest BCUT2D eigenvalue weighted by molar-refractivity contribution is 5.76. The average molecular weight is 308 g/mol. The van der Waals surface area contributed by atoms with Gasteiger partial charge in [0.05, 0.1) is 0 Å². The first-order chi connectivity index (χ1) is 11.2. The molecule has 0 spiro atoms. The molecule has 2 N–H and O–H groups in total. The van der Waals surface area contributed by atoms with Crippen molar-refractivity contribution in [3.63, 3.8) is 0 Å². The Hall–Kier alpha value is -2.13. The average Bonchev–Trinajstić information content (AvgIpc) is 3.06. The van der Waals surface area contributed by atoms with Gasteiger partial charge in [-0.25, -0.2) is 0 Å². The zero-order valence-electron chi connectivity index (χ0n) is 13.6. The summed E-state index contributed by atoms with van der Waals surface area (Å²) < 4.78 is 0. The van der Waals surface area contributed by atoms with E-state index in [0.717, 1.165) is 18.5 Å². The fourth-order valence-electron chi connectivity index (χ4n) is 3.11. The zero-order chi connectivity index (χ0) is 16.1. The lowest BCUT2D eigenvalue weighted by molar-refractivity contribution is -0.121.